The fourth-order valence-electron chi connectivity index (χ4n) is 5.05. The van der Waals surface area contributed by atoms with Crippen LogP contribution in [0.3, 0.4) is 0 Å². The summed E-state index contributed by atoms with van der Waals surface area (Å²) in [6, 6.07) is 18.1. The summed E-state index contributed by atoms with van der Waals surface area (Å²) < 4.78 is 1.35. The Morgan fingerprint density at radius 2 is 1.49 bits per heavy atom. The number of amides is 3. The number of aromatic nitrogens is 1. The molecule has 0 radical (unpaired) electrons. The minimum Gasteiger partial charge on any atom is -0.324 e. The lowest BCUT2D eigenvalue weighted by Gasteiger charge is -2.30. The normalized spacial score (nSPS) is 19.7. The fraction of sp³-hybridized carbons (Fsp3) is 0.143. The number of rotatable bonds is 5. The second-order valence-electron chi connectivity index (χ2n) is 9.38. The quantitative estimate of drug-likeness (QED) is 0.233. The highest BCUT2D eigenvalue weighted by molar-refractivity contribution is 8.00. The molecule has 0 saturated carbocycles. The van der Waals surface area contributed by atoms with Crippen molar-refractivity contribution < 1.29 is 14.4 Å². The molecular weight excluding hydrogens is 648 g/mol. The van der Waals surface area contributed by atoms with Crippen molar-refractivity contribution in [1.82, 2.24) is 4.57 Å². The SMILES string of the molecule is O=C(Cn1c2c(sc1=O)[C@H](c1ccc(Cl)cc1)C1C(=O)N(c3ccc(Cl)cc3)C(=O)C1S2)Nc1ccc(Cl)c(Cl)c1. The number of nitrogens with zero attached hydrogens (tertiary/aromatic N) is 2. The van der Waals surface area contributed by atoms with Gasteiger partial charge in [0.15, 0.2) is 0 Å². The predicted octanol–water partition coefficient (Wildman–Crippen LogP) is 6.96. The lowest BCUT2D eigenvalue weighted by molar-refractivity contribution is -0.122. The average Bonchev–Trinajstić information content (AvgIpc) is 3.38. The summed E-state index contributed by atoms with van der Waals surface area (Å²) in [5, 5.41) is 3.99. The van der Waals surface area contributed by atoms with E-state index >= 15 is 0 Å². The molecule has 0 spiro atoms. The molecule has 2 aliphatic heterocycles. The topological polar surface area (TPSA) is 88.5 Å². The molecule has 1 N–H and O–H groups in total. The number of halogens is 4. The summed E-state index contributed by atoms with van der Waals surface area (Å²) in [6.45, 7) is -0.300. The Kier molecular flexibility index (Phi) is 7.69. The Hall–Kier alpha value is -2.79. The van der Waals surface area contributed by atoms with Crippen LogP contribution in [-0.2, 0) is 20.9 Å². The summed E-state index contributed by atoms with van der Waals surface area (Å²) in [4.78, 5) is 55.3. The van der Waals surface area contributed by atoms with Gasteiger partial charge in [0.25, 0.3) is 0 Å². The lowest BCUT2D eigenvalue weighted by Crippen LogP contribution is -2.33. The Bertz CT molecular complexity index is 1770. The monoisotopic (exact) mass is 663 g/mol. The van der Waals surface area contributed by atoms with Gasteiger partial charge >= 0.3 is 4.87 Å². The first-order valence-corrected chi connectivity index (χ1v) is 15.4. The van der Waals surface area contributed by atoms with Crippen molar-refractivity contribution in [3.05, 3.63) is 107 Å². The van der Waals surface area contributed by atoms with Gasteiger partial charge in [0.05, 0.1) is 26.7 Å². The highest BCUT2D eigenvalue weighted by atomic mass is 35.5. The highest BCUT2D eigenvalue weighted by Gasteiger charge is 2.56. The molecule has 1 saturated heterocycles. The average molecular weight is 665 g/mol. The molecule has 3 atom stereocenters. The molecule has 41 heavy (non-hydrogen) atoms. The van der Waals surface area contributed by atoms with Crippen LogP contribution in [0.15, 0.2) is 76.6 Å². The van der Waals surface area contributed by atoms with Gasteiger partial charge < -0.3 is 5.32 Å². The minimum absolute atomic E-state index is 0.275. The van der Waals surface area contributed by atoms with Crippen molar-refractivity contribution >= 4 is 98.6 Å². The predicted molar refractivity (Wildman–Crippen MR) is 164 cm³/mol. The van der Waals surface area contributed by atoms with E-state index in [4.69, 9.17) is 46.4 Å². The molecule has 3 amide bonds. The number of anilines is 2. The molecular formula is C28H17Cl4N3O4S2. The smallest absolute Gasteiger partial charge is 0.308 e. The Balaban J connectivity index is 1.40. The summed E-state index contributed by atoms with van der Waals surface area (Å²) in [5.74, 6) is -2.60. The molecule has 0 bridgehead atoms. The van der Waals surface area contributed by atoms with Crippen LogP contribution in [0.2, 0.25) is 20.1 Å². The summed E-state index contributed by atoms with van der Waals surface area (Å²) in [5.41, 5.74) is 1.57. The van der Waals surface area contributed by atoms with Gasteiger partial charge in [-0.05, 0) is 60.2 Å². The van der Waals surface area contributed by atoms with Gasteiger partial charge in [-0.15, -0.1) is 0 Å². The van der Waals surface area contributed by atoms with Gasteiger partial charge in [-0.25, -0.2) is 4.90 Å². The first-order valence-electron chi connectivity index (χ1n) is 12.2. The van der Waals surface area contributed by atoms with E-state index < -0.39 is 28.9 Å². The molecule has 1 fully saturated rings. The van der Waals surface area contributed by atoms with Crippen LogP contribution in [0.4, 0.5) is 11.4 Å². The van der Waals surface area contributed by atoms with Crippen LogP contribution in [-0.4, -0.2) is 27.5 Å². The minimum atomic E-state index is -0.815. The van der Waals surface area contributed by atoms with Gasteiger partial charge in [0.2, 0.25) is 17.7 Å². The van der Waals surface area contributed by atoms with Crippen LogP contribution in [0.25, 0.3) is 0 Å². The van der Waals surface area contributed by atoms with Crippen molar-refractivity contribution in [2.75, 3.05) is 10.2 Å². The number of benzene rings is 3. The van der Waals surface area contributed by atoms with E-state index in [1.807, 2.05) is 0 Å². The van der Waals surface area contributed by atoms with E-state index in [0.717, 1.165) is 28.7 Å². The third-order valence-electron chi connectivity index (χ3n) is 6.87. The fourth-order valence-corrected chi connectivity index (χ4v) is 8.37. The highest BCUT2D eigenvalue weighted by Crippen LogP contribution is 2.54. The molecule has 1 aromatic heterocycles. The molecule has 6 rings (SSSR count). The van der Waals surface area contributed by atoms with Gasteiger partial charge in [-0.3, -0.25) is 23.7 Å². The number of imide groups is 1. The van der Waals surface area contributed by atoms with Gasteiger partial charge in [-0.2, -0.15) is 0 Å². The van der Waals surface area contributed by atoms with E-state index in [1.165, 1.54) is 15.5 Å². The van der Waals surface area contributed by atoms with E-state index in [2.05, 4.69) is 5.32 Å². The molecule has 0 aliphatic carbocycles. The lowest BCUT2D eigenvalue weighted by atomic mass is 9.83. The summed E-state index contributed by atoms with van der Waals surface area (Å²) in [6.07, 6.45) is 0. The van der Waals surface area contributed by atoms with Crippen molar-refractivity contribution in [2.24, 2.45) is 5.92 Å². The van der Waals surface area contributed by atoms with Crippen LogP contribution in [0.5, 0.6) is 0 Å². The second kappa shape index (κ2) is 11.1. The summed E-state index contributed by atoms with van der Waals surface area (Å²) >= 11 is 26.3. The third-order valence-corrected chi connectivity index (χ3v) is 10.7. The number of hydrogen-bond acceptors (Lipinski definition) is 6. The van der Waals surface area contributed by atoms with Crippen molar-refractivity contribution in [2.45, 2.75) is 22.7 Å². The van der Waals surface area contributed by atoms with E-state index in [9.17, 15) is 19.2 Å². The third kappa shape index (κ3) is 5.20. The van der Waals surface area contributed by atoms with Crippen LogP contribution in [0.1, 0.15) is 16.4 Å². The van der Waals surface area contributed by atoms with Gasteiger partial charge in [-0.1, -0.05) is 81.6 Å². The summed E-state index contributed by atoms with van der Waals surface area (Å²) in [7, 11) is 0. The zero-order valence-electron chi connectivity index (χ0n) is 20.6. The number of nitrogens with one attached hydrogen (secondary N) is 1. The number of carbonyl (C=O) groups excluding carboxylic acids is 3. The molecule has 208 valence electrons. The molecule has 13 heteroatoms. The van der Waals surface area contributed by atoms with Crippen LogP contribution >= 0.6 is 69.5 Å². The van der Waals surface area contributed by atoms with Crippen molar-refractivity contribution in [1.29, 1.82) is 0 Å². The second-order valence-corrected chi connectivity index (χ2v) is 13.2. The van der Waals surface area contributed by atoms with E-state index in [1.54, 1.807) is 60.7 Å². The van der Waals surface area contributed by atoms with Crippen molar-refractivity contribution in [3.63, 3.8) is 0 Å². The Morgan fingerprint density at radius 1 is 0.829 bits per heavy atom. The van der Waals surface area contributed by atoms with E-state index in [-0.39, 0.29) is 22.3 Å². The van der Waals surface area contributed by atoms with E-state index in [0.29, 0.717) is 36.3 Å². The standard InChI is InChI=1S/C28H17Cl4N3O4S2/c29-14-3-1-13(2-4-14)21-22-23(26(38)35(25(22)37)17-8-5-15(30)6-9-17)40-27-24(21)41-28(39)34(27)12-20(36)33-16-7-10-18(31)19(32)11-16/h1-11,21-23H,12H2,(H,33,36)/t21-,22?,23?/m1/s1. The molecule has 4 aromatic rings. The number of thiazole rings is 1. The number of thioether (sulfide) groups is 1. The maximum Gasteiger partial charge on any atom is 0.308 e. The van der Waals surface area contributed by atoms with Crippen LogP contribution in [0, 0.1) is 5.92 Å². The Labute approximate surface area is 262 Å². The number of carbonyl (C=O) groups is 3. The number of fused-ring (bicyclic) bond motifs is 2. The zero-order valence-corrected chi connectivity index (χ0v) is 25.3. The molecule has 3 heterocycles. The number of hydrogen-bond donors (Lipinski definition) is 1. The Morgan fingerprint density at radius 3 is 2.15 bits per heavy atom. The first kappa shape index (κ1) is 28.3. The molecule has 3 aromatic carbocycles. The maximum atomic E-state index is 13.9. The van der Waals surface area contributed by atoms with Gasteiger partial charge in [0, 0.05) is 26.5 Å². The van der Waals surface area contributed by atoms with Gasteiger partial charge in [0.1, 0.15) is 11.8 Å². The van der Waals surface area contributed by atoms with Crippen molar-refractivity contribution in [3.8, 4) is 0 Å². The molecule has 7 nitrogen and oxygen atoms in total. The zero-order chi connectivity index (χ0) is 29.0. The molecule has 2 unspecified atom stereocenters. The first-order chi connectivity index (χ1) is 19.6. The largest absolute Gasteiger partial charge is 0.324 e. The molecule has 2 aliphatic rings. The van der Waals surface area contributed by atoms with Crippen LogP contribution < -0.4 is 15.1 Å². The maximum absolute atomic E-state index is 13.9.